The summed E-state index contributed by atoms with van der Waals surface area (Å²) in [6, 6.07) is 6.00. The molecule has 0 spiro atoms. The standard InChI is InChI=1S/C12H13BrN2S/c1-7-3-4-9(8(2)15-7)11(14)12-10(13)5-6-16-12/h3-6,11H,14H2,1-2H3. The quantitative estimate of drug-likeness (QED) is 0.920. The fourth-order valence-corrected chi connectivity index (χ4v) is 3.33. The predicted molar refractivity (Wildman–Crippen MR) is 71.8 cm³/mol. The number of thiophene rings is 1. The Bertz CT molecular complexity index is 507. The van der Waals surface area contributed by atoms with Crippen molar-refractivity contribution in [1.29, 1.82) is 0 Å². The molecule has 16 heavy (non-hydrogen) atoms. The minimum Gasteiger partial charge on any atom is -0.320 e. The number of nitrogens with two attached hydrogens (primary N) is 1. The molecule has 0 aliphatic heterocycles. The van der Waals surface area contributed by atoms with Crippen LogP contribution < -0.4 is 5.73 Å². The number of hydrogen-bond donors (Lipinski definition) is 1. The maximum absolute atomic E-state index is 6.25. The zero-order valence-corrected chi connectivity index (χ0v) is 11.6. The molecule has 1 unspecified atom stereocenters. The first kappa shape index (κ1) is 11.8. The maximum Gasteiger partial charge on any atom is 0.0675 e. The van der Waals surface area contributed by atoms with Gasteiger partial charge in [-0.2, -0.15) is 0 Å². The van der Waals surface area contributed by atoms with Crippen LogP contribution in [0.2, 0.25) is 0 Å². The monoisotopic (exact) mass is 296 g/mol. The third-order valence-electron chi connectivity index (χ3n) is 2.53. The summed E-state index contributed by atoms with van der Waals surface area (Å²) in [4.78, 5) is 5.59. The topological polar surface area (TPSA) is 38.9 Å². The molecule has 0 saturated heterocycles. The predicted octanol–water partition coefficient (Wildman–Crippen LogP) is 3.57. The summed E-state index contributed by atoms with van der Waals surface area (Å²) in [5, 5.41) is 2.04. The van der Waals surface area contributed by atoms with Gasteiger partial charge in [-0.25, -0.2) is 0 Å². The molecular weight excluding hydrogens is 284 g/mol. The van der Waals surface area contributed by atoms with E-state index in [2.05, 4.69) is 27.0 Å². The van der Waals surface area contributed by atoms with Crippen LogP contribution in [0.15, 0.2) is 28.1 Å². The molecule has 0 amide bonds. The van der Waals surface area contributed by atoms with E-state index in [0.717, 1.165) is 26.3 Å². The van der Waals surface area contributed by atoms with Gasteiger partial charge in [0.2, 0.25) is 0 Å². The van der Waals surface area contributed by atoms with E-state index in [4.69, 9.17) is 5.73 Å². The highest BCUT2D eigenvalue weighted by Crippen LogP contribution is 2.32. The Kier molecular flexibility index (Phi) is 3.42. The number of aryl methyl sites for hydroxylation is 2. The van der Waals surface area contributed by atoms with Crippen molar-refractivity contribution >= 4 is 27.3 Å². The van der Waals surface area contributed by atoms with Crippen molar-refractivity contribution in [3.05, 3.63) is 49.9 Å². The number of pyridine rings is 1. The van der Waals surface area contributed by atoms with Gasteiger partial charge < -0.3 is 5.73 Å². The average molecular weight is 297 g/mol. The van der Waals surface area contributed by atoms with Crippen LogP contribution in [0.3, 0.4) is 0 Å². The molecule has 0 aliphatic rings. The number of hydrogen-bond acceptors (Lipinski definition) is 3. The molecule has 0 saturated carbocycles. The van der Waals surface area contributed by atoms with E-state index in [1.54, 1.807) is 11.3 Å². The first-order valence-corrected chi connectivity index (χ1v) is 6.69. The van der Waals surface area contributed by atoms with Crippen molar-refractivity contribution in [1.82, 2.24) is 4.98 Å². The van der Waals surface area contributed by atoms with E-state index in [0.29, 0.717) is 0 Å². The highest BCUT2D eigenvalue weighted by molar-refractivity contribution is 9.10. The molecule has 84 valence electrons. The van der Waals surface area contributed by atoms with E-state index in [9.17, 15) is 0 Å². The Hall–Kier alpha value is -0.710. The van der Waals surface area contributed by atoms with E-state index in [1.807, 2.05) is 31.4 Å². The maximum atomic E-state index is 6.25. The average Bonchev–Trinajstić information content (AvgIpc) is 2.63. The van der Waals surface area contributed by atoms with Gasteiger partial charge in [0.25, 0.3) is 0 Å². The second kappa shape index (κ2) is 4.65. The summed E-state index contributed by atoms with van der Waals surface area (Å²) >= 11 is 5.18. The fourth-order valence-electron chi connectivity index (χ4n) is 1.69. The molecule has 4 heteroatoms. The summed E-state index contributed by atoms with van der Waals surface area (Å²) in [5.74, 6) is 0. The van der Waals surface area contributed by atoms with Gasteiger partial charge >= 0.3 is 0 Å². The van der Waals surface area contributed by atoms with Crippen molar-refractivity contribution in [2.45, 2.75) is 19.9 Å². The van der Waals surface area contributed by atoms with Crippen molar-refractivity contribution in [3.8, 4) is 0 Å². The zero-order chi connectivity index (χ0) is 11.7. The summed E-state index contributed by atoms with van der Waals surface area (Å²) in [6.45, 7) is 3.99. The van der Waals surface area contributed by atoms with Crippen LogP contribution in [0.5, 0.6) is 0 Å². The van der Waals surface area contributed by atoms with Crippen LogP contribution in [0.1, 0.15) is 27.9 Å². The smallest absolute Gasteiger partial charge is 0.0675 e. The lowest BCUT2D eigenvalue weighted by atomic mass is 10.0. The Morgan fingerprint density at radius 2 is 2.06 bits per heavy atom. The molecule has 0 aliphatic carbocycles. The Labute approximate surface area is 108 Å². The van der Waals surface area contributed by atoms with Crippen LogP contribution in [-0.4, -0.2) is 4.98 Å². The van der Waals surface area contributed by atoms with E-state index >= 15 is 0 Å². The van der Waals surface area contributed by atoms with Crippen LogP contribution in [0.25, 0.3) is 0 Å². The number of nitrogens with zero attached hydrogens (tertiary/aromatic N) is 1. The van der Waals surface area contributed by atoms with Crippen LogP contribution in [0.4, 0.5) is 0 Å². The molecule has 0 fully saturated rings. The highest BCUT2D eigenvalue weighted by Gasteiger charge is 2.16. The van der Waals surface area contributed by atoms with Gasteiger partial charge in [-0.1, -0.05) is 6.07 Å². The van der Waals surface area contributed by atoms with Gasteiger partial charge in [-0.3, -0.25) is 4.98 Å². The molecule has 2 rings (SSSR count). The third kappa shape index (κ3) is 2.19. The van der Waals surface area contributed by atoms with Gasteiger partial charge in [0.05, 0.1) is 6.04 Å². The van der Waals surface area contributed by atoms with Crippen LogP contribution in [-0.2, 0) is 0 Å². The van der Waals surface area contributed by atoms with E-state index in [1.165, 1.54) is 0 Å². The van der Waals surface area contributed by atoms with Crippen molar-refractivity contribution < 1.29 is 0 Å². The van der Waals surface area contributed by atoms with Crippen molar-refractivity contribution in [2.24, 2.45) is 5.73 Å². The van der Waals surface area contributed by atoms with E-state index < -0.39 is 0 Å². The Morgan fingerprint density at radius 3 is 2.62 bits per heavy atom. The second-order valence-corrected chi connectivity index (χ2v) is 5.54. The lowest BCUT2D eigenvalue weighted by molar-refractivity contribution is 0.858. The molecule has 0 aromatic carbocycles. The summed E-state index contributed by atoms with van der Waals surface area (Å²) in [6.07, 6.45) is 0. The van der Waals surface area contributed by atoms with Crippen LogP contribution >= 0.6 is 27.3 Å². The van der Waals surface area contributed by atoms with Gasteiger partial charge in [0, 0.05) is 20.7 Å². The molecule has 2 nitrogen and oxygen atoms in total. The van der Waals surface area contributed by atoms with Gasteiger partial charge in [-0.15, -0.1) is 11.3 Å². The number of aromatic nitrogens is 1. The Morgan fingerprint density at radius 1 is 1.31 bits per heavy atom. The molecule has 2 aromatic rings. The molecule has 1 atom stereocenters. The molecule has 0 radical (unpaired) electrons. The number of rotatable bonds is 2. The minimum atomic E-state index is -0.0949. The molecule has 2 aromatic heterocycles. The molecular formula is C12H13BrN2S. The minimum absolute atomic E-state index is 0.0949. The first-order valence-electron chi connectivity index (χ1n) is 5.02. The van der Waals surface area contributed by atoms with Gasteiger partial charge in [0.1, 0.15) is 0 Å². The molecule has 2 N–H and O–H groups in total. The summed E-state index contributed by atoms with van der Waals surface area (Å²) in [7, 11) is 0. The summed E-state index contributed by atoms with van der Waals surface area (Å²) in [5.41, 5.74) is 9.38. The Balaban J connectivity index is 2.41. The van der Waals surface area contributed by atoms with Crippen molar-refractivity contribution in [3.63, 3.8) is 0 Å². The van der Waals surface area contributed by atoms with Gasteiger partial charge in [0.15, 0.2) is 0 Å². The normalized spacial score (nSPS) is 12.8. The van der Waals surface area contributed by atoms with Gasteiger partial charge in [-0.05, 0) is 52.9 Å². The molecule has 2 heterocycles. The second-order valence-electron chi connectivity index (χ2n) is 3.74. The fraction of sp³-hybridized carbons (Fsp3) is 0.250. The molecule has 0 bridgehead atoms. The van der Waals surface area contributed by atoms with Crippen molar-refractivity contribution in [2.75, 3.05) is 0 Å². The summed E-state index contributed by atoms with van der Waals surface area (Å²) < 4.78 is 1.07. The van der Waals surface area contributed by atoms with E-state index in [-0.39, 0.29) is 6.04 Å². The lowest BCUT2D eigenvalue weighted by Gasteiger charge is -2.13. The first-order chi connectivity index (χ1) is 7.59. The largest absolute Gasteiger partial charge is 0.320 e. The zero-order valence-electron chi connectivity index (χ0n) is 9.20. The SMILES string of the molecule is Cc1ccc(C(N)c2sccc2Br)c(C)n1. The van der Waals surface area contributed by atoms with Crippen LogP contribution in [0, 0.1) is 13.8 Å². The lowest BCUT2D eigenvalue weighted by Crippen LogP contribution is -2.13. The number of halogens is 1. The highest BCUT2D eigenvalue weighted by atomic mass is 79.9. The third-order valence-corrected chi connectivity index (χ3v) is 4.48.